The Morgan fingerprint density at radius 2 is 1.94 bits per heavy atom. The van der Waals surface area contributed by atoms with E-state index < -0.39 is 10.0 Å². The molecule has 0 saturated carbocycles. The summed E-state index contributed by atoms with van der Waals surface area (Å²) in [6.45, 7) is 3.46. The van der Waals surface area contributed by atoms with Crippen molar-refractivity contribution in [1.82, 2.24) is 9.36 Å². The van der Waals surface area contributed by atoms with Crippen LogP contribution >= 0.6 is 11.5 Å². The van der Waals surface area contributed by atoms with Gasteiger partial charge in [-0.15, -0.1) is 0 Å². The van der Waals surface area contributed by atoms with Crippen molar-refractivity contribution in [2.24, 2.45) is 0 Å². The molecule has 0 aliphatic heterocycles. The molecule has 1 heterocycles. The lowest BCUT2D eigenvalue weighted by molar-refractivity contribution is 0.600. The molecule has 0 fully saturated rings. The van der Waals surface area contributed by atoms with Crippen LogP contribution in [-0.4, -0.2) is 17.8 Å². The highest BCUT2D eigenvalue weighted by molar-refractivity contribution is 7.93. The lowest BCUT2D eigenvalue weighted by Crippen LogP contribution is -2.13. The summed E-state index contributed by atoms with van der Waals surface area (Å²) in [5.74, 6) is 0.553. The fourth-order valence-corrected chi connectivity index (χ4v) is 3.41. The summed E-state index contributed by atoms with van der Waals surface area (Å²) in [7, 11) is -3.57. The number of aromatic nitrogens is 2. The molecule has 0 spiro atoms. The summed E-state index contributed by atoms with van der Waals surface area (Å²) in [4.78, 5) is 4.23. The first-order valence-electron chi connectivity index (χ1n) is 4.88. The van der Waals surface area contributed by atoms with Crippen LogP contribution < -0.4 is 4.72 Å². The van der Waals surface area contributed by atoms with E-state index in [0.717, 1.165) is 11.5 Å². The topological polar surface area (TPSA) is 72.0 Å². The minimum Gasteiger partial charge on any atom is -0.253 e. The zero-order valence-electron chi connectivity index (χ0n) is 9.34. The molecule has 0 aliphatic rings. The number of nitrogens with zero attached hydrogens (tertiary/aromatic N) is 2. The smallest absolute Gasteiger partial charge is 0.253 e. The van der Waals surface area contributed by atoms with Gasteiger partial charge in [-0.05, 0) is 25.5 Å². The molecule has 7 heteroatoms. The van der Waals surface area contributed by atoms with Crippen molar-refractivity contribution >= 4 is 26.7 Å². The summed E-state index contributed by atoms with van der Waals surface area (Å²) < 4.78 is 30.5. The Morgan fingerprint density at radius 1 is 1.24 bits per heavy atom. The molecule has 0 atom stereocenters. The molecule has 1 aromatic heterocycles. The lowest BCUT2D eigenvalue weighted by Gasteiger charge is -2.06. The third kappa shape index (κ3) is 2.62. The maximum Gasteiger partial charge on any atom is 0.263 e. The Hall–Kier alpha value is -1.47. The number of sulfonamides is 1. The Bertz CT molecular complexity index is 635. The van der Waals surface area contributed by atoms with E-state index in [1.54, 1.807) is 38.1 Å². The van der Waals surface area contributed by atoms with Gasteiger partial charge in [0, 0.05) is 11.5 Å². The summed E-state index contributed by atoms with van der Waals surface area (Å²) >= 11 is 1.03. The second-order valence-corrected chi connectivity index (χ2v) is 5.92. The highest BCUT2D eigenvalue weighted by Crippen LogP contribution is 2.19. The van der Waals surface area contributed by atoms with E-state index in [2.05, 4.69) is 14.1 Å². The van der Waals surface area contributed by atoms with Gasteiger partial charge in [-0.2, -0.15) is 4.37 Å². The monoisotopic (exact) mass is 269 g/mol. The molecule has 1 N–H and O–H groups in total. The highest BCUT2D eigenvalue weighted by atomic mass is 32.2. The number of benzene rings is 1. The van der Waals surface area contributed by atoms with Crippen LogP contribution in [0.15, 0.2) is 29.2 Å². The van der Waals surface area contributed by atoms with Crippen molar-refractivity contribution in [2.75, 3.05) is 4.72 Å². The van der Waals surface area contributed by atoms with Crippen LogP contribution in [0.5, 0.6) is 0 Å². The standard InChI is InChI=1S/C10H11N3O2S2/c1-7-5-3-4-6-9(7)17(14,15)13-10-11-8(2)12-16-10/h3-6H,1-2H3,(H,11,12,13). The van der Waals surface area contributed by atoms with Gasteiger partial charge in [0.05, 0.1) is 4.90 Å². The lowest BCUT2D eigenvalue weighted by atomic mass is 10.2. The van der Waals surface area contributed by atoms with Gasteiger partial charge in [0.2, 0.25) is 5.13 Å². The SMILES string of the molecule is Cc1nsc(NS(=O)(=O)c2ccccc2C)n1. The molecule has 0 bridgehead atoms. The molecule has 0 unspecified atom stereocenters. The predicted octanol–water partition coefficient (Wildman–Crippen LogP) is 1.96. The summed E-state index contributed by atoms with van der Waals surface area (Å²) in [6, 6.07) is 6.79. The molecule has 5 nitrogen and oxygen atoms in total. The first kappa shape index (κ1) is 12.0. The fourth-order valence-electron chi connectivity index (χ4n) is 1.37. The first-order chi connectivity index (χ1) is 7.99. The molecule has 0 amide bonds. The molecular weight excluding hydrogens is 258 g/mol. The van der Waals surface area contributed by atoms with E-state index in [-0.39, 0.29) is 10.0 Å². The van der Waals surface area contributed by atoms with E-state index in [9.17, 15) is 8.42 Å². The van der Waals surface area contributed by atoms with Gasteiger partial charge in [-0.1, -0.05) is 18.2 Å². The zero-order valence-corrected chi connectivity index (χ0v) is 11.0. The van der Waals surface area contributed by atoms with Gasteiger partial charge in [0.15, 0.2) is 0 Å². The van der Waals surface area contributed by atoms with E-state index in [1.807, 2.05) is 0 Å². The fraction of sp³-hybridized carbons (Fsp3) is 0.200. The van der Waals surface area contributed by atoms with Crippen LogP contribution in [-0.2, 0) is 10.0 Å². The molecular formula is C10H11N3O2S2. The van der Waals surface area contributed by atoms with Crippen LogP contribution in [0, 0.1) is 13.8 Å². The highest BCUT2D eigenvalue weighted by Gasteiger charge is 2.17. The second kappa shape index (κ2) is 4.42. The number of rotatable bonds is 3. The average Bonchev–Trinajstić information content (AvgIpc) is 2.63. The average molecular weight is 269 g/mol. The van der Waals surface area contributed by atoms with Gasteiger partial charge in [-0.25, -0.2) is 13.4 Å². The van der Waals surface area contributed by atoms with Gasteiger partial charge < -0.3 is 0 Å². The van der Waals surface area contributed by atoms with Gasteiger partial charge in [0.25, 0.3) is 10.0 Å². The summed E-state index contributed by atoms with van der Waals surface area (Å²) in [5.41, 5.74) is 0.696. The molecule has 2 aromatic rings. The Morgan fingerprint density at radius 3 is 2.53 bits per heavy atom. The molecule has 0 saturated heterocycles. The van der Waals surface area contributed by atoms with Crippen LogP contribution in [0.1, 0.15) is 11.4 Å². The van der Waals surface area contributed by atoms with Gasteiger partial charge >= 0.3 is 0 Å². The van der Waals surface area contributed by atoms with Crippen molar-refractivity contribution in [2.45, 2.75) is 18.7 Å². The Balaban J connectivity index is 2.35. The number of hydrogen-bond donors (Lipinski definition) is 1. The maximum atomic E-state index is 12.1. The number of nitrogens with one attached hydrogen (secondary N) is 1. The summed E-state index contributed by atoms with van der Waals surface area (Å²) in [6.07, 6.45) is 0. The summed E-state index contributed by atoms with van der Waals surface area (Å²) in [5, 5.41) is 0.283. The first-order valence-corrected chi connectivity index (χ1v) is 7.13. The van der Waals surface area contributed by atoms with Gasteiger partial charge in [-0.3, -0.25) is 4.72 Å². The minimum absolute atomic E-state index is 0.257. The van der Waals surface area contributed by atoms with E-state index in [0.29, 0.717) is 11.4 Å². The largest absolute Gasteiger partial charge is 0.263 e. The number of hydrogen-bond acceptors (Lipinski definition) is 5. The van der Waals surface area contributed by atoms with Crippen molar-refractivity contribution in [3.05, 3.63) is 35.7 Å². The zero-order chi connectivity index (χ0) is 12.5. The van der Waals surface area contributed by atoms with Crippen molar-refractivity contribution in [3.63, 3.8) is 0 Å². The van der Waals surface area contributed by atoms with Crippen LogP contribution in [0.4, 0.5) is 5.13 Å². The normalized spacial score (nSPS) is 11.4. The van der Waals surface area contributed by atoms with Gasteiger partial charge in [0.1, 0.15) is 5.82 Å². The Kier molecular flexibility index (Phi) is 3.12. The number of aryl methyl sites for hydroxylation is 2. The van der Waals surface area contributed by atoms with Crippen molar-refractivity contribution in [1.29, 1.82) is 0 Å². The quantitative estimate of drug-likeness (QED) is 0.924. The molecule has 0 aliphatic carbocycles. The van der Waals surface area contributed by atoms with E-state index >= 15 is 0 Å². The molecule has 0 radical (unpaired) electrons. The molecule has 1 aromatic carbocycles. The predicted molar refractivity (Wildman–Crippen MR) is 66.6 cm³/mol. The van der Waals surface area contributed by atoms with Crippen molar-refractivity contribution < 1.29 is 8.42 Å². The van der Waals surface area contributed by atoms with Crippen LogP contribution in [0.2, 0.25) is 0 Å². The van der Waals surface area contributed by atoms with Crippen LogP contribution in [0.25, 0.3) is 0 Å². The maximum absolute atomic E-state index is 12.1. The van der Waals surface area contributed by atoms with Crippen molar-refractivity contribution in [3.8, 4) is 0 Å². The van der Waals surface area contributed by atoms with E-state index in [1.165, 1.54) is 0 Å². The van der Waals surface area contributed by atoms with Crippen LogP contribution in [0.3, 0.4) is 0 Å². The third-order valence-electron chi connectivity index (χ3n) is 2.13. The molecule has 2 rings (SSSR count). The molecule has 17 heavy (non-hydrogen) atoms. The Labute approximate surface area is 104 Å². The van der Waals surface area contributed by atoms with E-state index in [4.69, 9.17) is 0 Å². The second-order valence-electron chi connectivity index (χ2n) is 3.52. The number of anilines is 1. The minimum atomic E-state index is -3.57. The molecule has 90 valence electrons. The third-order valence-corrected chi connectivity index (χ3v) is 4.48.